The molecule has 3 nitrogen and oxygen atoms in total. The van der Waals surface area contributed by atoms with Crippen molar-refractivity contribution in [3.8, 4) is 12.1 Å². The van der Waals surface area contributed by atoms with E-state index in [9.17, 15) is 0 Å². The smallest absolute Gasteiger partial charge is 0.167 e. The fourth-order valence-corrected chi connectivity index (χ4v) is 1.22. The lowest BCUT2D eigenvalue weighted by atomic mass is 10.1. The Balaban J connectivity index is 2.54. The molecule has 0 saturated heterocycles. The average molecular weight is 176 g/mol. The molecular formula is C10H12N2O. The van der Waals surface area contributed by atoms with Crippen molar-refractivity contribution in [2.75, 3.05) is 7.11 Å². The van der Waals surface area contributed by atoms with Crippen molar-refractivity contribution in [2.24, 2.45) is 5.92 Å². The summed E-state index contributed by atoms with van der Waals surface area (Å²) in [7, 11) is 1.51. The highest BCUT2D eigenvalue weighted by Crippen LogP contribution is 2.34. The Bertz CT molecular complexity index is 273. The fraction of sp³-hybridized carbons (Fsp3) is 0.600. The third kappa shape index (κ3) is 2.80. The van der Waals surface area contributed by atoms with Crippen molar-refractivity contribution in [3.63, 3.8) is 0 Å². The molecule has 0 unspecified atom stereocenters. The molecule has 1 aliphatic rings. The van der Waals surface area contributed by atoms with Crippen LogP contribution in [-0.4, -0.2) is 7.11 Å². The van der Waals surface area contributed by atoms with Crippen molar-refractivity contribution in [2.45, 2.75) is 25.7 Å². The second kappa shape index (κ2) is 4.52. The van der Waals surface area contributed by atoms with Crippen LogP contribution in [0.4, 0.5) is 0 Å². The molecule has 68 valence electrons. The van der Waals surface area contributed by atoms with Crippen LogP contribution < -0.4 is 0 Å². The van der Waals surface area contributed by atoms with Gasteiger partial charge in [-0.25, -0.2) is 0 Å². The van der Waals surface area contributed by atoms with Crippen molar-refractivity contribution >= 4 is 0 Å². The number of ether oxygens (including phenoxy) is 1. The van der Waals surface area contributed by atoms with E-state index in [-0.39, 0.29) is 5.57 Å². The monoisotopic (exact) mass is 176 g/mol. The third-order valence-electron chi connectivity index (χ3n) is 2.23. The van der Waals surface area contributed by atoms with Crippen LogP contribution in [-0.2, 0) is 4.74 Å². The predicted octanol–water partition coefficient (Wildman–Crippen LogP) is 2.12. The molecule has 0 N–H and O–H groups in total. The van der Waals surface area contributed by atoms with E-state index in [1.54, 1.807) is 0 Å². The topological polar surface area (TPSA) is 56.8 Å². The first-order valence-electron chi connectivity index (χ1n) is 4.39. The molecule has 13 heavy (non-hydrogen) atoms. The molecule has 0 aliphatic heterocycles. The van der Waals surface area contributed by atoms with Crippen LogP contribution in [0.5, 0.6) is 0 Å². The van der Waals surface area contributed by atoms with E-state index in [4.69, 9.17) is 15.3 Å². The highest BCUT2D eigenvalue weighted by Gasteiger charge is 2.22. The lowest BCUT2D eigenvalue weighted by Crippen LogP contribution is -1.93. The minimum Gasteiger partial charge on any atom is -0.499 e. The summed E-state index contributed by atoms with van der Waals surface area (Å²) in [5.74, 6) is 1.33. The Hall–Kier alpha value is -1.48. The lowest BCUT2D eigenvalue weighted by Gasteiger charge is -2.04. The summed E-state index contributed by atoms with van der Waals surface area (Å²) in [5.41, 5.74) is 0.114. The van der Waals surface area contributed by atoms with Crippen LogP contribution in [0, 0.1) is 28.6 Å². The molecule has 0 spiro atoms. The Labute approximate surface area is 78.2 Å². The molecule has 0 bridgehead atoms. The molecule has 0 aromatic carbocycles. The third-order valence-corrected chi connectivity index (χ3v) is 2.23. The summed E-state index contributed by atoms with van der Waals surface area (Å²) in [6, 6.07) is 3.68. The van der Waals surface area contributed by atoms with E-state index in [2.05, 4.69) is 0 Å². The van der Waals surface area contributed by atoms with Gasteiger partial charge in [0.05, 0.1) is 7.11 Å². The highest BCUT2D eigenvalue weighted by atomic mass is 16.5. The summed E-state index contributed by atoms with van der Waals surface area (Å²) in [6.45, 7) is 0. The number of nitriles is 2. The van der Waals surface area contributed by atoms with E-state index in [0.717, 1.165) is 18.8 Å². The van der Waals surface area contributed by atoms with E-state index in [1.165, 1.54) is 20.0 Å². The lowest BCUT2D eigenvalue weighted by molar-refractivity contribution is 0.271. The maximum atomic E-state index is 8.60. The van der Waals surface area contributed by atoms with Gasteiger partial charge in [-0.15, -0.1) is 0 Å². The number of nitrogens with zero attached hydrogens (tertiary/aromatic N) is 2. The standard InChI is InChI=1S/C10H12N2O/c1-13-10(9(6-11)7-12)5-4-8-2-3-8/h8H,2-5H2,1H3. The van der Waals surface area contributed by atoms with Gasteiger partial charge < -0.3 is 4.74 Å². The van der Waals surface area contributed by atoms with Gasteiger partial charge in [-0.05, 0) is 12.3 Å². The Morgan fingerprint density at radius 3 is 2.38 bits per heavy atom. The Kier molecular flexibility index (Phi) is 3.34. The molecule has 0 heterocycles. The van der Waals surface area contributed by atoms with Gasteiger partial charge in [0.1, 0.15) is 17.9 Å². The second-order valence-electron chi connectivity index (χ2n) is 3.21. The van der Waals surface area contributed by atoms with Crippen molar-refractivity contribution < 1.29 is 4.74 Å². The quantitative estimate of drug-likeness (QED) is 0.487. The van der Waals surface area contributed by atoms with Crippen LogP contribution in [0.3, 0.4) is 0 Å². The fourth-order valence-electron chi connectivity index (χ4n) is 1.22. The van der Waals surface area contributed by atoms with Crippen molar-refractivity contribution in [3.05, 3.63) is 11.3 Å². The number of allylic oxidation sites excluding steroid dienone is 2. The minimum atomic E-state index is 0.114. The summed E-state index contributed by atoms with van der Waals surface area (Å²) < 4.78 is 5.01. The Morgan fingerprint density at radius 2 is 2.00 bits per heavy atom. The van der Waals surface area contributed by atoms with Gasteiger partial charge in [-0.1, -0.05) is 12.8 Å². The molecule has 3 heteroatoms. The van der Waals surface area contributed by atoms with E-state index >= 15 is 0 Å². The van der Waals surface area contributed by atoms with Gasteiger partial charge in [0.25, 0.3) is 0 Å². The zero-order valence-electron chi connectivity index (χ0n) is 7.71. The maximum Gasteiger partial charge on any atom is 0.167 e. The van der Waals surface area contributed by atoms with Crippen LogP contribution in [0.15, 0.2) is 11.3 Å². The molecule has 1 aliphatic carbocycles. The van der Waals surface area contributed by atoms with E-state index < -0.39 is 0 Å². The first-order valence-corrected chi connectivity index (χ1v) is 4.39. The van der Waals surface area contributed by atoms with Crippen LogP contribution in [0.2, 0.25) is 0 Å². The molecule has 0 atom stereocenters. The number of hydrogen-bond acceptors (Lipinski definition) is 3. The van der Waals surface area contributed by atoms with Crippen LogP contribution in [0.1, 0.15) is 25.7 Å². The number of methoxy groups -OCH3 is 1. The zero-order chi connectivity index (χ0) is 9.68. The molecule has 0 aromatic heterocycles. The van der Waals surface area contributed by atoms with Crippen molar-refractivity contribution in [1.29, 1.82) is 10.5 Å². The molecule has 1 rings (SSSR count). The van der Waals surface area contributed by atoms with Gasteiger partial charge in [0.2, 0.25) is 0 Å². The largest absolute Gasteiger partial charge is 0.499 e. The van der Waals surface area contributed by atoms with Crippen LogP contribution >= 0.6 is 0 Å². The minimum absolute atomic E-state index is 0.114. The van der Waals surface area contributed by atoms with Gasteiger partial charge in [0, 0.05) is 6.42 Å². The number of hydrogen-bond donors (Lipinski definition) is 0. The zero-order valence-corrected chi connectivity index (χ0v) is 7.71. The second-order valence-corrected chi connectivity index (χ2v) is 3.21. The van der Waals surface area contributed by atoms with Gasteiger partial charge in [-0.2, -0.15) is 10.5 Å². The molecular weight excluding hydrogens is 164 g/mol. The average Bonchev–Trinajstić information content (AvgIpc) is 2.96. The predicted molar refractivity (Wildman–Crippen MR) is 47.2 cm³/mol. The van der Waals surface area contributed by atoms with Gasteiger partial charge in [0.15, 0.2) is 5.57 Å². The van der Waals surface area contributed by atoms with E-state index in [1.807, 2.05) is 12.1 Å². The highest BCUT2D eigenvalue weighted by molar-refractivity contribution is 5.37. The molecule has 0 aromatic rings. The van der Waals surface area contributed by atoms with Gasteiger partial charge in [-0.3, -0.25) is 0 Å². The summed E-state index contributed by atoms with van der Waals surface area (Å²) in [4.78, 5) is 0. The van der Waals surface area contributed by atoms with Crippen molar-refractivity contribution in [1.82, 2.24) is 0 Å². The molecule has 0 amide bonds. The first-order chi connectivity index (χ1) is 6.31. The molecule has 1 saturated carbocycles. The normalized spacial score (nSPS) is 14.1. The van der Waals surface area contributed by atoms with Crippen LogP contribution in [0.25, 0.3) is 0 Å². The van der Waals surface area contributed by atoms with Gasteiger partial charge >= 0.3 is 0 Å². The Morgan fingerprint density at radius 1 is 1.38 bits per heavy atom. The summed E-state index contributed by atoms with van der Waals surface area (Å²) in [6.07, 6.45) is 4.32. The van der Waals surface area contributed by atoms with E-state index in [0.29, 0.717) is 5.76 Å². The summed E-state index contributed by atoms with van der Waals surface area (Å²) in [5, 5.41) is 17.2. The number of rotatable bonds is 4. The summed E-state index contributed by atoms with van der Waals surface area (Å²) >= 11 is 0. The molecule has 1 fully saturated rings. The maximum absolute atomic E-state index is 8.60. The first kappa shape index (κ1) is 9.61. The SMILES string of the molecule is COC(CCC1CC1)=C(C#N)C#N. The molecule has 0 radical (unpaired) electrons.